The van der Waals surface area contributed by atoms with Crippen LogP contribution in [0.15, 0.2) is 72.8 Å². The molecule has 0 atom stereocenters. The first-order chi connectivity index (χ1) is 10.6. The quantitative estimate of drug-likeness (QED) is 0.512. The van der Waals surface area contributed by atoms with Gasteiger partial charge in [-0.25, -0.2) is 0 Å². The Labute approximate surface area is 139 Å². The van der Waals surface area contributed by atoms with Crippen LogP contribution in [0.4, 0.5) is 0 Å². The van der Waals surface area contributed by atoms with Crippen LogP contribution in [0.5, 0.6) is 0 Å². The number of hydrogen-bond donors (Lipinski definition) is 0. The molecule has 0 saturated heterocycles. The van der Waals surface area contributed by atoms with Gasteiger partial charge in [0.1, 0.15) is 0 Å². The molecule has 0 fully saturated rings. The van der Waals surface area contributed by atoms with Gasteiger partial charge in [0.2, 0.25) is 0 Å². The van der Waals surface area contributed by atoms with Gasteiger partial charge in [0.25, 0.3) is 0 Å². The van der Waals surface area contributed by atoms with Crippen LogP contribution in [0.1, 0.15) is 11.1 Å². The van der Waals surface area contributed by atoms with Gasteiger partial charge < -0.3 is 0 Å². The number of halogens is 1. The molecule has 0 spiro atoms. The maximum absolute atomic E-state index is 6.52. The van der Waals surface area contributed by atoms with Gasteiger partial charge in [-0.05, 0) is 25.1 Å². The van der Waals surface area contributed by atoms with E-state index in [1.165, 1.54) is 26.7 Å². The fourth-order valence-electron chi connectivity index (χ4n) is 2.74. The summed E-state index contributed by atoms with van der Waals surface area (Å²) in [6, 6.07) is 25.9. The smallest absolute Gasteiger partial charge is 0.0845 e. The molecule has 0 N–H and O–H groups in total. The summed E-state index contributed by atoms with van der Waals surface area (Å²) in [6.07, 6.45) is 0. The Bertz CT molecular complexity index is 749. The Hall–Kier alpha value is -1.83. The second kappa shape index (κ2) is 6.51. The summed E-state index contributed by atoms with van der Waals surface area (Å²) in [5.74, 6) is 0. The van der Waals surface area contributed by atoms with Crippen LogP contribution >= 0.6 is 11.6 Å². The van der Waals surface area contributed by atoms with Gasteiger partial charge in [-0.3, -0.25) is 0 Å². The zero-order valence-corrected chi connectivity index (χ0v) is 14.6. The molecule has 22 heavy (non-hydrogen) atoms. The Morgan fingerprint density at radius 3 is 1.73 bits per heavy atom. The van der Waals surface area contributed by atoms with E-state index in [0.717, 1.165) is 5.02 Å². The summed E-state index contributed by atoms with van der Waals surface area (Å²) < 4.78 is 0. The van der Waals surface area contributed by atoms with Gasteiger partial charge in [-0.15, -0.1) is 0 Å². The summed E-state index contributed by atoms with van der Waals surface area (Å²) in [5.41, 5.74) is 2.58. The van der Waals surface area contributed by atoms with Crippen molar-refractivity contribution < 1.29 is 0 Å². The highest BCUT2D eigenvalue weighted by atomic mass is 35.5. The molecule has 0 aliphatic carbocycles. The first kappa shape index (κ1) is 15.1. The molecule has 0 nitrogen and oxygen atoms in total. The van der Waals surface area contributed by atoms with Gasteiger partial charge in [0.15, 0.2) is 8.80 Å². The minimum absolute atomic E-state index is 0.861. The van der Waals surface area contributed by atoms with Crippen LogP contribution in [0.2, 0.25) is 5.02 Å². The minimum atomic E-state index is -1.08. The van der Waals surface area contributed by atoms with Gasteiger partial charge in [0.05, 0.1) is 0 Å². The van der Waals surface area contributed by atoms with Crippen LogP contribution in [0.3, 0.4) is 0 Å². The molecule has 1 radical (unpaired) electrons. The van der Waals surface area contributed by atoms with E-state index < -0.39 is 8.80 Å². The maximum atomic E-state index is 6.52. The lowest BCUT2D eigenvalue weighted by atomic mass is 10.2. The highest BCUT2D eigenvalue weighted by molar-refractivity contribution is 6.96. The molecule has 3 rings (SSSR count). The lowest BCUT2D eigenvalue weighted by Gasteiger charge is -2.19. The Morgan fingerprint density at radius 2 is 1.23 bits per heavy atom. The van der Waals surface area contributed by atoms with Crippen molar-refractivity contribution in [2.45, 2.75) is 13.8 Å². The van der Waals surface area contributed by atoms with Gasteiger partial charge in [-0.2, -0.15) is 0 Å². The van der Waals surface area contributed by atoms with Gasteiger partial charge >= 0.3 is 0 Å². The Balaban J connectivity index is 2.21. The van der Waals surface area contributed by atoms with E-state index in [0.29, 0.717) is 0 Å². The molecule has 0 bridgehead atoms. The summed E-state index contributed by atoms with van der Waals surface area (Å²) in [6.45, 7) is 4.29. The van der Waals surface area contributed by atoms with Crippen LogP contribution in [-0.2, 0) is 0 Å². The number of hydrogen-bond acceptors (Lipinski definition) is 0. The van der Waals surface area contributed by atoms with Crippen LogP contribution in [0, 0.1) is 13.8 Å². The largest absolute Gasteiger partial charge is 0.156 e. The molecular weight excluding hydrogens is 304 g/mol. The fourth-order valence-corrected chi connectivity index (χ4v) is 5.97. The van der Waals surface area contributed by atoms with E-state index in [2.05, 4.69) is 74.5 Å². The van der Waals surface area contributed by atoms with E-state index in [9.17, 15) is 0 Å². The summed E-state index contributed by atoms with van der Waals surface area (Å²) in [5, 5.41) is 4.87. The van der Waals surface area contributed by atoms with Gasteiger partial charge in [0, 0.05) is 5.02 Å². The van der Waals surface area contributed by atoms with Crippen molar-refractivity contribution in [2.75, 3.05) is 0 Å². The molecule has 0 aliphatic heterocycles. The molecule has 0 aromatic heterocycles. The topological polar surface area (TPSA) is 0 Å². The predicted octanol–water partition coefficient (Wildman–Crippen LogP) is 3.47. The predicted molar refractivity (Wildman–Crippen MR) is 98.5 cm³/mol. The number of benzene rings is 3. The molecule has 0 saturated carbocycles. The zero-order chi connectivity index (χ0) is 15.5. The van der Waals surface area contributed by atoms with Crippen molar-refractivity contribution >= 4 is 36.0 Å². The van der Waals surface area contributed by atoms with E-state index in [-0.39, 0.29) is 0 Å². The molecule has 3 aromatic rings. The minimum Gasteiger partial charge on any atom is -0.0845 e. The lowest BCUT2D eigenvalue weighted by molar-refractivity contribution is 1.48. The maximum Gasteiger partial charge on any atom is 0.156 e. The van der Waals surface area contributed by atoms with E-state index in [1.807, 2.05) is 12.1 Å². The first-order valence-electron chi connectivity index (χ1n) is 7.41. The molecule has 2 heteroatoms. The van der Waals surface area contributed by atoms with Crippen molar-refractivity contribution in [1.29, 1.82) is 0 Å². The van der Waals surface area contributed by atoms with Gasteiger partial charge in [-0.1, -0.05) is 99.8 Å². The zero-order valence-electron chi connectivity index (χ0n) is 12.8. The second-order valence-electron chi connectivity index (χ2n) is 5.59. The normalized spacial score (nSPS) is 10.9. The first-order valence-corrected chi connectivity index (χ1v) is 9.29. The van der Waals surface area contributed by atoms with Crippen LogP contribution in [0.25, 0.3) is 0 Å². The third-order valence-corrected chi connectivity index (χ3v) is 7.00. The lowest BCUT2D eigenvalue weighted by Crippen LogP contribution is -2.52. The van der Waals surface area contributed by atoms with Crippen molar-refractivity contribution in [3.63, 3.8) is 0 Å². The third-order valence-electron chi connectivity index (χ3n) is 3.76. The third kappa shape index (κ3) is 3.16. The Kier molecular flexibility index (Phi) is 4.46. The SMILES string of the molecule is Cc1cccc([Si](c2cccc(C)c2)c2ccccc2Cl)c1. The molecule has 0 unspecified atom stereocenters. The molecule has 0 amide bonds. The molecule has 0 aliphatic rings. The highest BCUT2D eigenvalue weighted by Crippen LogP contribution is 2.08. The van der Waals surface area contributed by atoms with Crippen molar-refractivity contribution in [2.24, 2.45) is 0 Å². The molecule has 109 valence electrons. The summed E-state index contributed by atoms with van der Waals surface area (Å²) in [4.78, 5) is 0. The summed E-state index contributed by atoms with van der Waals surface area (Å²) in [7, 11) is -1.08. The highest BCUT2D eigenvalue weighted by Gasteiger charge is 2.21. The molecule has 0 heterocycles. The van der Waals surface area contributed by atoms with E-state index in [1.54, 1.807) is 0 Å². The van der Waals surface area contributed by atoms with Crippen LogP contribution < -0.4 is 15.6 Å². The van der Waals surface area contributed by atoms with Crippen LogP contribution in [-0.4, -0.2) is 8.80 Å². The van der Waals surface area contributed by atoms with E-state index in [4.69, 9.17) is 11.6 Å². The average Bonchev–Trinajstić information content (AvgIpc) is 2.50. The average molecular weight is 322 g/mol. The monoisotopic (exact) mass is 321 g/mol. The summed E-state index contributed by atoms with van der Waals surface area (Å²) >= 11 is 6.52. The van der Waals surface area contributed by atoms with Crippen molar-refractivity contribution in [1.82, 2.24) is 0 Å². The number of aryl methyl sites for hydroxylation is 2. The van der Waals surface area contributed by atoms with Crippen molar-refractivity contribution in [3.8, 4) is 0 Å². The fraction of sp³-hybridized carbons (Fsp3) is 0.100. The molecular formula is C20H18ClSi. The molecule has 3 aromatic carbocycles. The van der Waals surface area contributed by atoms with Crippen molar-refractivity contribution in [3.05, 3.63) is 88.9 Å². The van der Waals surface area contributed by atoms with E-state index >= 15 is 0 Å². The number of rotatable bonds is 3. The Morgan fingerprint density at radius 1 is 0.682 bits per heavy atom. The standard InChI is InChI=1S/C20H18ClSi/c1-15-7-5-9-17(13-15)22(18-10-6-8-16(2)14-18)20-12-4-3-11-19(20)21/h3-14H,1-2H3. The second-order valence-corrected chi connectivity index (χ2v) is 8.44.